The van der Waals surface area contributed by atoms with Gasteiger partial charge in [-0.25, -0.2) is 0 Å². The van der Waals surface area contributed by atoms with E-state index in [2.05, 4.69) is 0 Å². The third kappa shape index (κ3) is 0.568. The normalized spacial score (nSPS) is 38.9. The van der Waals surface area contributed by atoms with Crippen molar-refractivity contribution >= 4 is 23.8 Å². The molecule has 0 bridgehead atoms. The Morgan fingerprint density at radius 2 is 1.31 bits per heavy atom. The molecule has 2 amide bonds. The second-order valence-electron chi connectivity index (χ2n) is 4.52. The summed E-state index contributed by atoms with van der Waals surface area (Å²) in [6.45, 7) is 2.60. The minimum absolute atomic E-state index is 1.04. The van der Waals surface area contributed by atoms with Crippen molar-refractivity contribution in [2.24, 2.45) is 16.2 Å². The van der Waals surface area contributed by atoms with Gasteiger partial charge in [0, 0.05) is 5.41 Å². The van der Waals surface area contributed by atoms with Gasteiger partial charge < -0.3 is 10.2 Å². The van der Waals surface area contributed by atoms with Gasteiger partial charge in [-0.15, -0.1) is 0 Å². The van der Waals surface area contributed by atoms with Crippen LogP contribution >= 0.6 is 0 Å². The van der Waals surface area contributed by atoms with Crippen LogP contribution in [-0.2, 0) is 19.2 Å². The molecule has 2 atom stereocenters. The van der Waals surface area contributed by atoms with Crippen molar-refractivity contribution in [2.45, 2.75) is 13.8 Å². The Kier molecular flexibility index (Phi) is 1.49. The number of nitrogens with one attached hydrogen (secondary N) is 1. The fraction of sp³-hybridized carbons (Fsp3) is 0.556. The molecule has 0 aromatic heterocycles. The maximum atomic E-state index is 11.5. The van der Waals surface area contributed by atoms with Gasteiger partial charge in [-0.1, -0.05) is 13.8 Å². The van der Waals surface area contributed by atoms with E-state index in [-0.39, 0.29) is 0 Å². The summed E-state index contributed by atoms with van der Waals surface area (Å²) in [5.74, 6) is -5.25. The van der Waals surface area contributed by atoms with Gasteiger partial charge in [0.2, 0.25) is 11.8 Å². The summed E-state index contributed by atoms with van der Waals surface area (Å²) in [4.78, 5) is 45.4. The molecule has 0 radical (unpaired) electrons. The second kappa shape index (κ2) is 2.26. The van der Waals surface area contributed by atoms with Crippen molar-refractivity contribution in [3.05, 3.63) is 0 Å². The number of hydrogen-bond acceptors (Lipinski definition) is 4. The summed E-state index contributed by atoms with van der Waals surface area (Å²) in [6, 6.07) is 0. The maximum Gasteiger partial charge on any atom is 0.321 e. The fourth-order valence-corrected chi connectivity index (χ4v) is 3.12. The van der Waals surface area contributed by atoms with Crippen molar-refractivity contribution in [3.8, 4) is 0 Å². The monoisotopic (exact) mass is 227 g/mol. The second-order valence-corrected chi connectivity index (χ2v) is 4.52. The number of aliphatic carboxylic acids is 2. The molecule has 0 spiro atoms. The Hall–Kier alpha value is -1.92. The summed E-state index contributed by atoms with van der Waals surface area (Å²) in [6.07, 6.45) is 0. The van der Waals surface area contributed by atoms with Crippen molar-refractivity contribution < 1.29 is 29.4 Å². The lowest BCUT2D eigenvalue weighted by Gasteiger charge is -2.13. The third-order valence-corrected chi connectivity index (χ3v) is 3.92. The third-order valence-electron chi connectivity index (χ3n) is 3.92. The first kappa shape index (κ1) is 10.6. The van der Waals surface area contributed by atoms with E-state index in [4.69, 9.17) is 10.2 Å². The number of hydrogen-bond donors (Lipinski definition) is 3. The number of carboxylic acids is 2. The number of amides is 2. The van der Waals surface area contributed by atoms with Crippen molar-refractivity contribution in [1.82, 2.24) is 5.32 Å². The zero-order chi connectivity index (χ0) is 12.5. The molecule has 1 aliphatic heterocycles. The predicted octanol–water partition coefficient (Wildman–Crippen LogP) is -1.18. The number of carboxylic acid groups (broad SMARTS) is 2. The molecule has 16 heavy (non-hydrogen) atoms. The summed E-state index contributed by atoms with van der Waals surface area (Å²) in [7, 11) is 0. The van der Waals surface area contributed by atoms with E-state index in [1.807, 2.05) is 0 Å². The summed E-state index contributed by atoms with van der Waals surface area (Å²) < 4.78 is 0. The van der Waals surface area contributed by atoms with E-state index in [1.165, 1.54) is 13.8 Å². The molecule has 2 unspecified atom stereocenters. The van der Waals surface area contributed by atoms with Gasteiger partial charge in [0.05, 0.1) is 0 Å². The highest BCUT2D eigenvalue weighted by Crippen LogP contribution is 2.80. The lowest BCUT2D eigenvalue weighted by Crippen LogP contribution is -2.39. The van der Waals surface area contributed by atoms with Crippen LogP contribution in [0.4, 0.5) is 0 Å². The number of carbonyl (C=O) groups is 4. The van der Waals surface area contributed by atoms with Crippen LogP contribution in [0, 0.1) is 16.2 Å². The summed E-state index contributed by atoms with van der Waals surface area (Å²) in [5.41, 5.74) is -5.77. The molecular weight excluding hydrogens is 218 g/mol. The minimum Gasteiger partial charge on any atom is -0.480 e. The fourth-order valence-electron chi connectivity index (χ4n) is 3.12. The summed E-state index contributed by atoms with van der Waals surface area (Å²) >= 11 is 0. The van der Waals surface area contributed by atoms with Gasteiger partial charge in [-0.05, 0) is 0 Å². The van der Waals surface area contributed by atoms with Crippen LogP contribution in [0.3, 0.4) is 0 Å². The molecule has 3 N–H and O–H groups in total. The molecule has 2 rings (SSSR count). The first-order valence-electron chi connectivity index (χ1n) is 4.51. The van der Waals surface area contributed by atoms with E-state index in [9.17, 15) is 19.2 Å². The molecule has 0 aromatic rings. The summed E-state index contributed by atoms with van der Waals surface area (Å²) in [5, 5.41) is 19.9. The van der Waals surface area contributed by atoms with Gasteiger partial charge in [0.15, 0.2) is 10.8 Å². The average molecular weight is 227 g/mol. The van der Waals surface area contributed by atoms with Crippen LogP contribution < -0.4 is 5.32 Å². The quantitative estimate of drug-likeness (QED) is 0.403. The average Bonchev–Trinajstić information content (AvgIpc) is 2.44. The van der Waals surface area contributed by atoms with E-state index < -0.39 is 40.0 Å². The van der Waals surface area contributed by atoms with Crippen LogP contribution in [0.25, 0.3) is 0 Å². The van der Waals surface area contributed by atoms with E-state index in [0.29, 0.717) is 0 Å². The van der Waals surface area contributed by atoms with Gasteiger partial charge >= 0.3 is 11.9 Å². The van der Waals surface area contributed by atoms with Crippen molar-refractivity contribution in [2.75, 3.05) is 0 Å². The van der Waals surface area contributed by atoms with Crippen LogP contribution in [0.5, 0.6) is 0 Å². The molecule has 86 valence electrons. The molecule has 1 aliphatic carbocycles. The molecule has 1 heterocycles. The highest BCUT2D eigenvalue weighted by molar-refractivity contribution is 6.32. The zero-order valence-corrected chi connectivity index (χ0v) is 8.53. The largest absolute Gasteiger partial charge is 0.480 e. The topological polar surface area (TPSA) is 121 Å². The van der Waals surface area contributed by atoms with Crippen molar-refractivity contribution in [3.63, 3.8) is 0 Å². The predicted molar refractivity (Wildman–Crippen MR) is 47.1 cm³/mol. The zero-order valence-electron chi connectivity index (χ0n) is 8.53. The SMILES string of the molecule is CC1(C)C2(C(=O)O)C(=O)NC(=O)C12C(=O)O. The van der Waals surface area contributed by atoms with Gasteiger partial charge in [-0.2, -0.15) is 0 Å². The first-order valence-corrected chi connectivity index (χ1v) is 4.51. The number of rotatable bonds is 2. The maximum absolute atomic E-state index is 11.5. The molecular formula is C9H9NO6. The lowest BCUT2D eigenvalue weighted by atomic mass is 9.95. The molecule has 7 heteroatoms. The van der Waals surface area contributed by atoms with E-state index >= 15 is 0 Å². The molecule has 1 saturated carbocycles. The van der Waals surface area contributed by atoms with E-state index in [1.54, 1.807) is 5.32 Å². The van der Waals surface area contributed by atoms with Crippen LogP contribution in [-0.4, -0.2) is 34.0 Å². The smallest absolute Gasteiger partial charge is 0.321 e. The van der Waals surface area contributed by atoms with Crippen LogP contribution in [0.1, 0.15) is 13.8 Å². The number of carbonyl (C=O) groups excluding carboxylic acids is 2. The molecule has 7 nitrogen and oxygen atoms in total. The Morgan fingerprint density at radius 3 is 1.50 bits per heavy atom. The first-order chi connectivity index (χ1) is 7.19. The Labute approximate surface area is 89.4 Å². The number of fused-ring (bicyclic) bond motifs is 1. The van der Waals surface area contributed by atoms with Crippen molar-refractivity contribution in [1.29, 1.82) is 0 Å². The molecule has 1 saturated heterocycles. The molecule has 2 fully saturated rings. The Balaban J connectivity index is 2.77. The highest BCUT2D eigenvalue weighted by atomic mass is 16.4. The highest BCUT2D eigenvalue weighted by Gasteiger charge is 3.00. The molecule has 2 aliphatic rings. The van der Waals surface area contributed by atoms with Gasteiger partial charge in [0.25, 0.3) is 0 Å². The van der Waals surface area contributed by atoms with Gasteiger partial charge in [0.1, 0.15) is 0 Å². The number of imide groups is 1. The van der Waals surface area contributed by atoms with Gasteiger partial charge in [-0.3, -0.25) is 24.5 Å². The Morgan fingerprint density at radius 1 is 1.00 bits per heavy atom. The minimum atomic E-state index is -2.18. The lowest BCUT2D eigenvalue weighted by molar-refractivity contribution is -0.156. The van der Waals surface area contributed by atoms with Crippen LogP contribution in [0.2, 0.25) is 0 Å². The molecule has 0 aromatic carbocycles. The standard InChI is InChI=1S/C9H9NO6/c1-7(2)8(5(13)14)3(11)10-4(12)9(7,8)6(15)16/h1-2H3,(H,13,14)(H,15,16)(H,10,11,12). The van der Waals surface area contributed by atoms with E-state index in [0.717, 1.165) is 0 Å². The van der Waals surface area contributed by atoms with Crippen LogP contribution in [0.15, 0.2) is 0 Å². The number of piperidine rings is 1. The Bertz CT molecular complexity index is 427.